The first-order chi connectivity index (χ1) is 9.72. The van der Waals surface area contributed by atoms with Crippen LogP contribution in [-0.4, -0.2) is 24.1 Å². The summed E-state index contributed by atoms with van der Waals surface area (Å²) in [5, 5.41) is 12.2. The summed E-state index contributed by atoms with van der Waals surface area (Å²) in [5.74, 6) is -0.212. The molecule has 106 valence electrons. The second-order valence-electron chi connectivity index (χ2n) is 4.95. The Morgan fingerprint density at radius 2 is 2.30 bits per heavy atom. The van der Waals surface area contributed by atoms with Gasteiger partial charge in [0.15, 0.2) is 0 Å². The van der Waals surface area contributed by atoms with Gasteiger partial charge < -0.3 is 10.1 Å². The molecule has 0 unspecified atom stereocenters. The molecule has 1 N–H and O–H groups in total. The zero-order chi connectivity index (χ0) is 14.4. The molecular weight excluding hydrogens is 254 g/mol. The maximum atomic E-state index is 12.3. The number of nitriles is 1. The van der Waals surface area contributed by atoms with E-state index in [1.54, 1.807) is 6.20 Å². The van der Waals surface area contributed by atoms with Crippen LogP contribution in [0.4, 0.5) is 0 Å². The molecule has 0 bridgehead atoms. The fraction of sp³-hybridized carbons (Fsp3) is 0.533. The van der Waals surface area contributed by atoms with Crippen molar-refractivity contribution in [1.82, 2.24) is 10.3 Å². The van der Waals surface area contributed by atoms with Crippen molar-refractivity contribution in [2.24, 2.45) is 5.41 Å². The van der Waals surface area contributed by atoms with E-state index >= 15 is 0 Å². The van der Waals surface area contributed by atoms with Gasteiger partial charge in [-0.25, -0.2) is 0 Å². The monoisotopic (exact) mass is 273 g/mol. The second-order valence-corrected chi connectivity index (χ2v) is 4.95. The van der Waals surface area contributed by atoms with Gasteiger partial charge in [0.2, 0.25) is 5.91 Å². The third-order valence-electron chi connectivity index (χ3n) is 3.78. The lowest BCUT2D eigenvalue weighted by Crippen LogP contribution is -2.43. The van der Waals surface area contributed by atoms with Crippen LogP contribution in [0.1, 0.15) is 31.0 Å². The van der Waals surface area contributed by atoms with Gasteiger partial charge in [-0.05, 0) is 30.9 Å². The van der Waals surface area contributed by atoms with E-state index in [4.69, 9.17) is 4.74 Å². The summed E-state index contributed by atoms with van der Waals surface area (Å²) in [6.45, 7) is 3.35. The average Bonchev–Trinajstić information content (AvgIpc) is 2.53. The highest BCUT2D eigenvalue weighted by molar-refractivity contribution is 5.85. The molecule has 0 atom stereocenters. The highest BCUT2D eigenvalue weighted by Crippen LogP contribution is 2.29. The normalized spacial score (nSPS) is 17.2. The molecule has 0 saturated carbocycles. The van der Waals surface area contributed by atoms with Crippen molar-refractivity contribution in [1.29, 1.82) is 5.26 Å². The van der Waals surface area contributed by atoms with Gasteiger partial charge in [0, 0.05) is 19.4 Å². The quantitative estimate of drug-likeness (QED) is 0.903. The lowest BCUT2D eigenvalue weighted by atomic mass is 9.81. The highest BCUT2D eigenvalue weighted by atomic mass is 16.5. The molecule has 1 saturated heterocycles. The summed E-state index contributed by atoms with van der Waals surface area (Å²) < 4.78 is 5.23. The van der Waals surface area contributed by atoms with Crippen LogP contribution in [-0.2, 0) is 22.5 Å². The van der Waals surface area contributed by atoms with Gasteiger partial charge in [-0.3, -0.25) is 9.78 Å². The Labute approximate surface area is 119 Å². The van der Waals surface area contributed by atoms with Crippen molar-refractivity contribution in [2.45, 2.75) is 32.7 Å². The van der Waals surface area contributed by atoms with E-state index in [9.17, 15) is 10.1 Å². The number of amides is 1. The molecule has 1 amide bonds. The summed E-state index contributed by atoms with van der Waals surface area (Å²) in [5.41, 5.74) is 1.04. The Hall–Kier alpha value is -1.93. The predicted molar refractivity (Wildman–Crippen MR) is 73.6 cm³/mol. The lowest BCUT2D eigenvalue weighted by molar-refractivity contribution is -0.132. The number of nitrogens with zero attached hydrogens (tertiary/aromatic N) is 2. The number of ether oxygens (including phenoxy) is 1. The molecule has 1 fully saturated rings. The molecule has 0 spiro atoms. The van der Waals surface area contributed by atoms with E-state index in [1.807, 2.05) is 12.1 Å². The Kier molecular flexibility index (Phi) is 4.70. The third-order valence-corrected chi connectivity index (χ3v) is 3.78. The van der Waals surface area contributed by atoms with Gasteiger partial charge >= 0.3 is 0 Å². The SMILES string of the molecule is CCc1cccnc1CNC(=O)C1(C#N)CCOCC1. The number of carbonyl (C=O) groups is 1. The Balaban J connectivity index is 2.03. The Bertz CT molecular complexity index is 516. The van der Waals surface area contributed by atoms with Crippen LogP contribution >= 0.6 is 0 Å². The molecule has 0 aliphatic carbocycles. The molecule has 2 heterocycles. The van der Waals surface area contributed by atoms with Crippen LogP contribution in [0, 0.1) is 16.7 Å². The maximum absolute atomic E-state index is 12.3. The maximum Gasteiger partial charge on any atom is 0.240 e. The third kappa shape index (κ3) is 2.97. The molecule has 0 aromatic carbocycles. The van der Waals surface area contributed by atoms with Gasteiger partial charge in [-0.1, -0.05) is 13.0 Å². The Morgan fingerprint density at radius 3 is 2.95 bits per heavy atom. The fourth-order valence-electron chi connectivity index (χ4n) is 2.40. The van der Waals surface area contributed by atoms with E-state index in [0.29, 0.717) is 32.6 Å². The van der Waals surface area contributed by atoms with Crippen molar-refractivity contribution in [3.05, 3.63) is 29.6 Å². The molecule has 5 nitrogen and oxygen atoms in total. The number of aryl methyl sites for hydroxylation is 1. The van der Waals surface area contributed by atoms with E-state index in [-0.39, 0.29) is 5.91 Å². The molecule has 1 aromatic heterocycles. The van der Waals surface area contributed by atoms with E-state index in [0.717, 1.165) is 17.7 Å². The minimum absolute atomic E-state index is 0.212. The van der Waals surface area contributed by atoms with Gasteiger partial charge in [0.25, 0.3) is 0 Å². The predicted octanol–water partition coefficient (Wildman–Crippen LogP) is 1.58. The molecule has 1 aliphatic heterocycles. The average molecular weight is 273 g/mol. The van der Waals surface area contributed by atoms with E-state index in [2.05, 4.69) is 23.3 Å². The van der Waals surface area contributed by atoms with E-state index < -0.39 is 5.41 Å². The van der Waals surface area contributed by atoms with Crippen molar-refractivity contribution in [3.63, 3.8) is 0 Å². The minimum Gasteiger partial charge on any atom is -0.381 e. The fourth-order valence-corrected chi connectivity index (χ4v) is 2.40. The largest absolute Gasteiger partial charge is 0.381 e. The van der Waals surface area contributed by atoms with Crippen LogP contribution in [0.15, 0.2) is 18.3 Å². The summed E-state index contributed by atoms with van der Waals surface area (Å²) >= 11 is 0. The van der Waals surface area contributed by atoms with Gasteiger partial charge in [-0.15, -0.1) is 0 Å². The number of hydrogen-bond donors (Lipinski definition) is 1. The first kappa shape index (κ1) is 14.5. The molecule has 5 heteroatoms. The van der Waals surface area contributed by atoms with Gasteiger partial charge in [-0.2, -0.15) is 5.26 Å². The number of pyridine rings is 1. The van der Waals surface area contributed by atoms with Crippen LogP contribution in [0.3, 0.4) is 0 Å². The summed E-state index contributed by atoms with van der Waals surface area (Å²) in [6.07, 6.45) is 3.50. The van der Waals surface area contributed by atoms with Crippen LogP contribution in [0.5, 0.6) is 0 Å². The molecule has 20 heavy (non-hydrogen) atoms. The molecule has 1 aromatic rings. The van der Waals surface area contributed by atoms with Crippen LogP contribution in [0.2, 0.25) is 0 Å². The van der Waals surface area contributed by atoms with Crippen molar-refractivity contribution < 1.29 is 9.53 Å². The lowest BCUT2D eigenvalue weighted by Gasteiger charge is -2.29. The van der Waals surface area contributed by atoms with Crippen LogP contribution in [0.25, 0.3) is 0 Å². The van der Waals surface area contributed by atoms with Gasteiger partial charge in [0.1, 0.15) is 5.41 Å². The summed E-state index contributed by atoms with van der Waals surface area (Å²) in [6, 6.07) is 6.06. The van der Waals surface area contributed by atoms with Crippen molar-refractivity contribution in [2.75, 3.05) is 13.2 Å². The minimum atomic E-state index is -0.945. The Morgan fingerprint density at radius 1 is 1.55 bits per heavy atom. The number of aromatic nitrogens is 1. The van der Waals surface area contributed by atoms with Crippen LogP contribution < -0.4 is 5.32 Å². The van der Waals surface area contributed by atoms with Crippen molar-refractivity contribution in [3.8, 4) is 6.07 Å². The first-order valence-electron chi connectivity index (χ1n) is 6.92. The molecular formula is C15H19N3O2. The van der Waals surface area contributed by atoms with Crippen molar-refractivity contribution >= 4 is 5.91 Å². The second kappa shape index (κ2) is 6.49. The van der Waals surface area contributed by atoms with Gasteiger partial charge in [0.05, 0.1) is 18.3 Å². The number of nitrogens with one attached hydrogen (secondary N) is 1. The number of hydrogen-bond acceptors (Lipinski definition) is 4. The zero-order valence-corrected chi connectivity index (χ0v) is 11.7. The number of carbonyl (C=O) groups excluding carboxylic acids is 1. The molecule has 0 radical (unpaired) electrons. The molecule has 1 aliphatic rings. The molecule has 2 rings (SSSR count). The summed E-state index contributed by atoms with van der Waals surface area (Å²) in [7, 11) is 0. The smallest absolute Gasteiger partial charge is 0.240 e. The zero-order valence-electron chi connectivity index (χ0n) is 11.7. The van der Waals surface area contributed by atoms with E-state index in [1.165, 1.54) is 0 Å². The topological polar surface area (TPSA) is 75.0 Å². The first-order valence-corrected chi connectivity index (χ1v) is 6.92. The standard InChI is InChI=1S/C15H19N3O2/c1-2-12-4-3-7-17-13(12)10-18-14(19)15(11-16)5-8-20-9-6-15/h3-4,7H,2,5-6,8-10H2,1H3,(H,18,19). The highest BCUT2D eigenvalue weighted by Gasteiger charge is 2.40. The number of rotatable bonds is 4. The summed E-state index contributed by atoms with van der Waals surface area (Å²) in [4.78, 5) is 16.6.